The number of ether oxygens (including phenoxy) is 1. The Labute approximate surface area is 167 Å². The van der Waals surface area contributed by atoms with Gasteiger partial charge in [0.15, 0.2) is 17.3 Å². The third-order valence-corrected chi connectivity index (χ3v) is 4.56. The first-order valence-corrected chi connectivity index (χ1v) is 9.27. The van der Waals surface area contributed by atoms with Crippen LogP contribution >= 0.6 is 0 Å². The number of aryl methyl sites for hydroxylation is 1. The number of fused-ring (bicyclic) bond motifs is 1. The second kappa shape index (κ2) is 7.17. The maximum Gasteiger partial charge on any atom is 0.216 e. The molecule has 0 aliphatic carbocycles. The molecular weight excluding hydrogens is 372 g/mol. The average Bonchev–Trinajstić information content (AvgIpc) is 3.28. The van der Waals surface area contributed by atoms with E-state index < -0.39 is 5.60 Å². The standard InChI is InChI=1S/C20H22N6O3/c1-4-26-13-10-14(28-11-12-8-6-5-7-9-12)22-17(20(2,3)27)15(13)23-19(26)16-18(21)25-29-24-16/h5-10,27H,4,11H2,1-3H3,(H2,21,25). The minimum absolute atomic E-state index is 0.147. The Hall–Kier alpha value is -3.46. The SMILES string of the molecule is CCn1c(-c2nonc2N)nc2c(C(C)(C)O)nc(OCc3ccccc3)cc21. The van der Waals surface area contributed by atoms with Crippen LogP contribution in [0.2, 0.25) is 0 Å². The number of pyridine rings is 1. The van der Waals surface area contributed by atoms with E-state index in [1.807, 2.05) is 41.8 Å². The van der Waals surface area contributed by atoms with E-state index in [-0.39, 0.29) is 5.82 Å². The minimum atomic E-state index is -1.23. The van der Waals surface area contributed by atoms with Crippen LogP contribution in [-0.2, 0) is 18.8 Å². The summed E-state index contributed by atoms with van der Waals surface area (Å²) >= 11 is 0. The van der Waals surface area contributed by atoms with Crippen LogP contribution in [0.1, 0.15) is 32.0 Å². The number of aromatic nitrogens is 5. The third kappa shape index (κ3) is 3.52. The number of nitrogens with zero attached hydrogens (tertiary/aromatic N) is 5. The van der Waals surface area contributed by atoms with Gasteiger partial charge >= 0.3 is 0 Å². The summed E-state index contributed by atoms with van der Waals surface area (Å²) < 4.78 is 12.6. The Morgan fingerprint density at radius 2 is 1.93 bits per heavy atom. The lowest BCUT2D eigenvalue weighted by molar-refractivity contribution is 0.0744. The smallest absolute Gasteiger partial charge is 0.216 e. The van der Waals surface area contributed by atoms with Gasteiger partial charge in [-0.1, -0.05) is 30.3 Å². The van der Waals surface area contributed by atoms with Gasteiger partial charge in [0.1, 0.15) is 23.4 Å². The topological polar surface area (TPSA) is 125 Å². The van der Waals surface area contributed by atoms with Gasteiger partial charge in [-0.3, -0.25) is 0 Å². The molecule has 0 bridgehead atoms. The summed E-state index contributed by atoms with van der Waals surface area (Å²) in [6.07, 6.45) is 0. The molecular formula is C20H22N6O3. The number of imidazole rings is 1. The Morgan fingerprint density at radius 3 is 2.55 bits per heavy atom. The zero-order valence-electron chi connectivity index (χ0n) is 16.5. The van der Waals surface area contributed by atoms with Crippen molar-refractivity contribution >= 4 is 16.9 Å². The predicted molar refractivity (Wildman–Crippen MR) is 107 cm³/mol. The number of benzene rings is 1. The molecule has 9 nitrogen and oxygen atoms in total. The lowest BCUT2D eigenvalue weighted by Crippen LogP contribution is -2.19. The molecule has 0 atom stereocenters. The fraction of sp³-hybridized carbons (Fsp3) is 0.300. The van der Waals surface area contributed by atoms with Gasteiger partial charge in [0.25, 0.3) is 0 Å². The molecule has 1 aromatic carbocycles. The molecule has 0 spiro atoms. The average molecular weight is 394 g/mol. The van der Waals surface area contributed by atoms with Crippen LogP contribution in [0.3, 0.4) is 0 Å². The zero-order chi connectivity index (χ0) is 20.6. The molecule has 150 valence electrons. The second-order valence-corrected chi connectivity index (χ2v) is 7.19. The third-order valence-electron chi connectivity index (χ3n) is 4.56. The van der Waals surface area contributed by atoms with Crippen LogP contribution in [0.5, 0.6) is 5.88 Å². The number of nitrogens with two attached hydrogens (primary N) is 1. The number of hydrogen-bond acceptors (Lipinski definition) is 8. The summed E-state index contributed by atoms with van der Waals surface area (Å²) in [5.41, 5.74) is 7.70. The first-order chi connectivity index (χ1) is 13.9. The molecule has 9 heteroatoms. The summed E-state index contributed by atoms with van der Waals surface area (Å²) in [6, 6.07) is 11.6. The van der Waals surface area contributed by atoms with Crippen molar-refractivity contribution in [2.75, 3.05) is 5.73 Å². The molecule has 0 saturated heterocycles. The van der Waals surface area contributed by atoms with Crippen LogP contribution < -0.4 is 10.5 Å². The van der Waals surface area contributed by atoms with Crippen LogP contribution in [0.4, 0.5) is 5.82 Å². The van der Waals surface area contributed by atoms with Gasteiger partial charge in [-0.2, -0.15) is 0 Å². The van der Waals surface area contributed by atoms with Gasteiger partial charge in [-0.25, -0.2) is 14.6 Å². The minimum Gasteiger partial charge on any atom is -0.473 e. The summed E-state index contributed by atoms with van der Waals surface area (Å²) in [4.78, 5) is 9.20. The van der Waals surface area contributed by atoms with Crippen molar-refractivity contribution < 1.29 is 14.5 Å². The monoisotopic (exact) mass is 394 g/mol. The number of anilines is 1. The van der Waals surface area contributed by atoms with Crippen molar-refractivity contribution in [3.63, 3.8) is 0 Å². The van der Waals surface area contributed by atoms with Crippen LogP contribution in [0.15, 0.2) is 41.0 Å². The van der Waals surface area contributed by atoms with Gasteiger partial charge in [0.05, 0.1) is 5.52 Å². The van der Waals surface area contributed by atoms with Crippen LogP contribution in [0.25, 0.3) is 22.6 Å². The normalized spacial score (nSPS) is 11.9. The van der Waals surface area contributed by atoms with E-state index in [4.69, 9.17) is 15.1 Å². The highest BCUT2D eigenvalue weighted by atomic mass is 16.6. The molecule has 0 radical (unpaired) electrons. The molecule has 4 aromatic rings. The predicted octanol–water partition coefficient (Wildman–Crippen LogP) is 2.89. The summed E-state index contributed by atoms with van der Waals surface area (Å²) in [5.74, 6) is 1.04. The fourth-order valence-corrected chi connectivity index (χ4v) is 3.18. The van der Waals surface area contributed by atoms with Crippen molar-refractivity contribution in [2.24, 2.45) is 0 Å². The number of nitrogen functional groups attached to an aromatic ring is 1. The lowest BCUT2D eigenvalue weighted by atomic mass is 10.0. The molecule has 0 aliphatic rings. The maximum absolute atomic E-state index is 10.7. The van der Waals surface area contributed by atoms with Gasteiger partial charge in [0, 0.05) is 12.6 Å². The number of hydrogen-bond donors (Lipinski definition) is 2. The largest absolute Gasteiger partial charge is 0.473 e. The second-order valence-electron chi connectivity index (χ2n) is 7.19. The summed E-state index contributed by atoms with van der Waals surface area (Å²) in [5, 5.41) is 18.2. The highest BCUT2D eigenvalue weighted by Gasteiger charge is 2.28. The van der Waals surface area contributed by atoms with Gasteiger partial charge in [-0.15, -0.1) is 0 Å². The first kappa shape index (κ1) is 18.9. The van der Waals surface area contributed by atoms with E-state index in [2.05, 4.69) is 20.3 Å². The molecule has 3 heterocycles. The van der Waals surface area contributed by atoms with E-state index in [1.54, 1.807) is 19.9 Å². The Morgan fingerprint density at radius 1 is 1.17 bits per heavy atom. The molecule has 0 fully saturated rings. The maximum atomic E-state index is 10.7. The van der Waals surface area contributed by atoms with Crippen molar-refractivity contribution in [1.82, 2.24) is 24.8 Å². The van der Waals surface area contributed by atoms with Gasteiger partial charge in [-0.05, 0) is 36.6 Å². The van der Waals surface area contributed by atoms with Crippen molar-refractivity contribution in [3.8, 4) is 17.4 Å². The number of rotatable bonds is 6. The Bertz CT molecular complexity index is 1140. The van der Waals surface area contributed by atoms with Gasteiger partial charge < -0.3 is 20.1 Å². The molecule has 3 aromatic heterocycles. The van der Waals surface area contributed by atoms with E-state index in [0.717, 1.165) is 11.1 Å². The van der Waals surface area contributed by atoms with Crippen molar-refractivity contribution in [3.05, 3.63) is 47.7 Å². The first-order valence-electron chi connectivity index (χ1n) is 9.27. The van der Waals surface area contributed by atoms with E-state index in [0.29, 0.717) is 41.8 Å². The number of aliphatic hydroxyl groups is 1. The summed E-state index contributed by atoms with van der Waals surface area (Å²) in [6.45, 7) is 6.24. The molecule has 0 saturated carbocycles. The van der Waals surface area contributed by atoms with Gasteiger partial charge in [0.2, 0.25) is 5.88 Å². The van der Waals surface area contributed by atoms with Crippen LogP contribution in [-0.4, -0.2) is 30.0 Å². The quantitative estimate of drug-likeness (QED) is 0.511. The van der Waals surface area contributed by atoms with Crippen LogP contribution in [0, 0.1) is 0 Å². The highest BCUT2D eigenvalue weighted by molar-refractivity contribution is 5.84. The van der Waals surface area contributed by atoms with Crippen molar-refractivity contribution in [2.45, 2.75) is 39.5 Å². The fourth-order valence-electron chi connectivity index (χ4n) is 3.18. The molecule has 0 unspecified atom stereocenters. The zero-order valence-corrected chi connectivity index (χ0v) is 16.5. The molecule has 4 rings (SSSR count). The van der Waals surface area contributed by atoms with E-state index in [1.165, 1.54) is 0 Å². The van der Waals surface area contributed by atoms with E-state index >= 15 is 0 Å². The Kier molecular flexibility index (Phi) is 4.67. The molecule has 0 aliphatic heterocycles. The highest BCUT2D eigenvalue weighted by Crippen LogP contribution is 2.33. The molecule has 29 heavy (non-hydrogen) atoms. The van der Waals surface area contributed by atoms with Crippen molar-refractivity contribution in [1.29, 1.82) is 0 Å². The Balaban J connectivity index is 1.85. The summed E-state index contributed by atoms with van der Waals surface area (Å²) in [7, 11) is 0. The molecule has 0 amide bonds. The lowest BCUT2D eigenvalue weighted by Gasteiger charge is -2.18. The van der Waals surface area contributed by atoms with E-state index in [9.17, 15) is 5.11 Å². The molecule has 3 N–H and O–H groups in total.